The lowest BCUT2D eigenvalue weighted by Crippen LogP contribution is -2.31. The third-order valence-corrected chi connectivity index (χ3v) is 10.4. The van der Waals surface area contributed by atoms with Crippen molar-refractivity contribution in [2.45, 2.75) is 96.9 Å². The first kappa shape index (κ1) is 30.5. The number of ether oxygens (including phenoxy) is 1. The maximum absolute atomic E-state index is 13.1. The number of carbonyl (C=O) groups excluding carboxylic acids is 1. The molecule has 1 unspecified atom stereocenters. The summed E-state index contributed by atoms with van der Waals surface area (Å²) in [6, 6.07) is 4.70. The summed E-state index contributed by atoms with van der Waals surface area (Å²) >= 11 is 6.31. The molecule has 2 fully saturated rings. The minimum atomic E-state index is -4.17. The first-order valence-corrected chi connectivity index (χ1v) is 16.7. The highest BCUT2D eigenvalue weighted by atomic mass is 35.5. The van der Waals surface area contributed by atoms with Gasteiger partial charge in [-0.25, -0.2) is 22.8 Å². The summed E-state index contributed by atoms with van der Waals surface area (Å²) in [7, 11) is -4.17. The Balaban J connectivity index is 1.15. The molecule has 2 aliphatic carbocycles. The molecule has 0 radical (unpaired) electrons. The molecule has 3 aromatic heterocycles. The molecule has 2 saturated carbocycles. The number of aromatic nitrogens is 5. The van der Waals surface area contributed by atoms with Gasteiger partial charge in [-0.1, -0.05) is 45.2 Å². The summed E-state index contributed by atoms with van der Waals surface area (Å²) in [5.41, 5.74) is 1.11. The van der Waals surface area contributed by atoms with Gasteiger partial charge in [-0.15, -0.1) is 5.10 Å². The molecule has 0 saturated heterocycles. The van der Waals surface area contributed by atoms with Crippen LogP contribution in [0.5, 0.6) is 5.88 Å². The molecule has 3 heterocycles. The number of aryl methyl sites for hydroxylation is 2. The summed E-state index contributed by atoms with van der Waals surface area (Å²) in [4.78, 5) is 17.1. The number of sulfonamides is 1. The third kappa shape index (κ3) is 7.53. The van der Waals surface area contributed by atoms with Crippen molar-refractivity contribution in [3.05, 3.63) is 47.0 Å². The van der Waals surface area contributed by atoms with Crippen molar-refractivity contribution in [2.24, 2.45) is 16.7 Å². The predicted molar refractivity (Wildman–Crippen MR) is 160 cm³/mol. The minimum absolute atomic E-state index is 0.0335. The van der Waals surface area contributed by atoms with Gasteiger partial charge in [-0.2, -0.15) is 5.10 Å². The van der Waals surface area contributed by atoms with E-state index in [1.807, 2.05) is 0 Å². The van der Waals surface area contributed by atoms with Crippen molar-refractivity contribution in [2.75, 3.05) is 6.61 Å². The van der Waals surface area contributed by atoms with Crippen LogP contribution in [0.25, 0.3) is 5.82 Å². The normalized spacial score (nSPS) is 19.1. The number of halogens is 1. The topological polar surface area (TPSA) is 121 Å². The Kier molecular flexibility index (Phi) is 8.72. The standard InChI is InChI=1S/C30H41ClN6O4S/c1-21-24(20-36(33-21)16-6-5-7-22-10-12-29(2,3)19-22)42(39,40)35-28(38)23-8-9-25(32-27(23)31)37-17-11-26(34-37)41-18-15-30(4)13-14-30/h8-9,11,17,20,22H,5-7,10,12-16,18-19H2,1-4H3,(H,35,38). The molecule has 228 valence electrons. The van der Waals surface area contributed by atoms with E-state index in [9.17, 15) is 13.2 Å². The lowest BCUT2D eigenvalue weighted by atomic mass is 9.89. The Morgan fingerprint density at radius 2 is 1.93 bits per heavy atom. The second-order valence-electron chi connectivity index (χ2n) is 13.1. The van der Waals surface area contributed by atoms with Crippen molar-refractivity contribution < 1.29 is 17.9 Å². The summed E-state index contributed by atoms with van der Waals surface area (Å²) in [5, 5.41) is 8.60. The molecule has 1 amide bonds. The van der Waals surface area contributed by atoms with Crippen molar-refractivity contribution >= 4 is 27.5 Å². The van der Waals surface area contributed by atoms with Crippen LogP contribution in [0.4, 0.5) is 0 Å². The predicted octanol–water partition coefficient (Wildman–Crippen LogP) is 6.11. The fourth-order valence-corrected chi connectivity index (χ4v) is 7.13. The minimum Gasteiger partial charge on any atom is -0.477 e. The molecule has 1 N–H and O–H groups in total. The van der Waals surface area contributed by atoms with Crippen molar-refractivity contribution in [1.29, 1.82) is 0 Å². The van der Waals surface area contributed by atoms with Gasteiger partial charge < -0.3 is 4.74 Å². The van der Waals surface area contributed by atoms with Gasteiger partial charge in [0.2, 0.25) is 5.88 Å². The largest absolute Gasteiger partial charge is 0.477 e. The zero-order valence-corrected chi connectivity index (χ0v) is 26.5. The SMILES string of the molecule is Cc1nn(CCCCC2CCC(C)(C)C2)cc1S(=O)(=O)NC(=O)c1ccc(-n2ccc(OCCC3(C)CC3)n2)nc1Cl. The average molecular weight is 617 g/mol. The number of nitrogens with one attached hydrogen (secondary N) is 1. The first-order valence-electron chi connectivity index (χ1n) is 14.8. The highest BCUT2D eigenvalue weighted by molar-refractivity contribution is 7.90. The van der Waals surface area contributed by atoms with Crippen LogP contribution in [0.1, 0.15) is 94.6 Å². The van der Waals surface area contributed by atoms with Gasteiger partial charge in [0.25, 0.3) is 15.9 Å². The van der Waals surface area contributed by atoms with E-state index < -0.39 is 15.9 Å². The fourth-order valence-electron chi connectivity index (χ4n) is 5.74. The van der Waals surface area contributed by atoms with Gasteiger partial charge in [-0.3, -0.25) is 9.48 Å². The molecule has 42 heavy (non-hydrogen) atoms. The molecule has 10 nitrogen and oxygen atoms in total. The van der Waals surface area contributed by atoms with Gasteiger partial charge >= 0.3 is 0 Å². The lowest BCUT2D eigenvalue weighted by Gasteiger charge is -2.16. The highest BCUT2D eigenvalue weighted by Gasteiger charge is 2.36. The Bertz CT molecular complexity index is 1540. The van der Waals surface area contributed by atoms with Crippen molar-refractivity contribution in [3.63, 3.8) is 0 Å². The second kappa shape index (κ2) is 12.0. The summed E-state index contributed by atoms with van der Waals surface area (Å²) < 4.78 is 37.2. The molecule has 0 aliphatic heterocycles. The van der Waals surface area contributed by atoms with Crippen molar-refractivity contribution in [1.82, 2.24) is 29.3 Å². The van der Waals surface area contributed by atoms with E-state index in [1.54, 1.807) is 29.9 Å². The lowest BCUT2D eigenvalue weighted by molar-refractivity contribution is 0.0981. The van der Waals surface area contributed by atoms with Gasteiger partial charge in [-0.05, 0) is 80.8 Å². The number of hydrogen-bond donors (Lipinski definition) is 1. The van der Waals surface area contributed by atoms with Crippen LogP contribution >= 0.6 is 11.6 Å². The fraction of sp³-hybridized carbons (Fsp3) is 0.600. The number of unbranched alkanes of at least 4 members (excludes halogenated alkanes) is 1. The van der Waals surface area contributed by atoms with Crippen LogP contribution in [0.2, 0.25) is 5.15 Å². The number of amides is 1. The number of rotatable bonds is 13. The van der Waals surface area contributed by atoms with E-state index in [2.05, 4.69) is 40.7 Å². The third-order valence-electron chi connectivity index (χ3n) is 8.68. The van der Waals surface area contributed by atoms with E-state index in [1.165, 1.54) is 55.5 Å². The summed E-state index contributed by atoms with van der Waals surface area (Å²) in [5.74, 6) is 0.747. The molecule has 12 heteroatoms. The smallest absolute Gasteiger partial charge is 0.268 e. The number of nitrogens with zero attached hydrogens (tertiary/aromatic N) is 5. The zero-order chi connectivity index (χ0) is 30.1. The highest BCUT2D eigenvalue weighted by Crippen LogP contribution is 2.48. The van der Waals surface area contributed by atoms with Crippen molar-refractivity contribution in [3.8, 4) is 11.7 Å². The Morgan fingerprint density at radius 1 is 1.14 bits per heavy atom. The maximum atomic E-state index is 13.1. The Labute approximate surface area is 253 Å². The van der Waals surface area contributed by atoms with E-state index in [0.717, 1.165) is 25.2 Å². The summed E-state index contributed by atoms with van der Waals surface area (Å²) in [6.45, 7) is 9.75. The molecule has 0 spiro atoms. The molecule has 3 aromatic rings. The van der Waals surface area contributed by atoms with Crippen LogP contribution in [0.3, 0.4) is 0 Å². The van der Waals surface area contributed by atoms with Crippen LogP contribution in [-0.4, -0.2) is 45.5 Å². The zero-order valence-electron chi connectivity index (χ0n) is 24.9. The van der Waals surface area contributed by atoms with E-state index in [0.29, 0.717) is 41.4 Å². The molecule has 2 aliphatic rings. The van der Waals surface area contributed by atoms with Crippen LogP contribution in [0, 0.1) is 23.7 Å². The monoisotopic (exact) mass is 616 g/mol. The molecule has 0 aromatic carbocycles. The average Bonchev–Trinajstić information content (AvgIpc) is 3.23. The Morgan fingerprint density at radius 3 is 2.62 bits per heavy atom. The van der Waals surface area contributed by atoms with Crippen LogP contribution in [0.15, 0.2) is 35.5 Å². The molecule has 5 rings (SSSR count). The van der Waals surface area contributed by atoms with E-state index in [4.69, 9.17) is 16.3 Å². The van der Waals surface area contributed by atoms with E-state index in [-0.39, 0.29) is 15.6 Å². The number of pyridine rings is 1. The molecular weight excluding hydrogens is 576 g/mol. The second-order valence-corrected chi connectivity index (χ2v) is 15.1. The Hall–Kier alpha value is -2.92. The van der Waals surface area contributed by atoms with Crippen LogP contribution in [-0.2, 0) is 16.6 Å². The first-order chi connectivity index (χ1) is 19.8. The molecule has 1 atom stereocenters. The summed E-state index contributed by atoms with van der Waals surface area (Å²) in [6.07, 6.45) is 13.6. The van der Waals surface area contributed by atoms with Gasteiger partial charge in [0.1, 0.15) is 10.0 Å². The maximum Gasteiger partial charge on any atom is 0.268 e. The van der Waals surface area contributed by atoms with Gasteiger partial charge in [0, 0.05) is 25.0 Å². The molecular formula is C30H41ClN6O4S. The van der Waals surface area contributed by atoms with Crippen LogP contribution < -0.4 is 9.46 Å². The number of hydrogen-bond acceptors (Lipinski definition) is 7. The van der Waals surface area contributed by atoms with Gasteiger partial charge in [0.05, 0.1) is 17.9 Å². The number of carbonyl (C=O) groups is 1. The quantitative estimate of drug-likeness (QED) is 0.182. The van der Waals surface area contributed by atoms with Gasteiger partial charge in [0.15, 0.2) is 5.82 Å². The van der Waals surface area contributed by atoms with E-state index >= 15 is 0 Å². The molecule has 0 bridgehead atoms.